The number of aliphatic hydroxyl groups excluding tert-OH is 1. The molecule has 0 aliphatic carbocycles. The molecule has 29 heavy (non-hydrogen) atoms. The Balaban J connectivity index is 1.94. The van der Waals surface area contributed by atoms with Crippen LogP contribution < -0.4 is 0 Å². The average molecular weight is 396 g/mol. The third-order valence-electron chi connectivity index (χ3n) is 5.55. The Bertz CT molecular complexity index is 645. The van der Waals surface area contributed by atoms with E-state index in [-0.39, 0.29) is 18.2 Å². The summed E-state index contributed by atoms with van der Waals surface area (Å²) in [6.45, 7) is 5.61. The van der Waals surface area contributed by atoms with Crippen molar-refractivity contribution < 1.29 is 9.90 Å². The summed E-state index contributed by atoms with van der Waals surface area (Å²) in [6, 6.07) is 20.3. The number of unbranched alkanes of at least 4 members (excludes halogenated alkanes) is 4. The van der Waals surface area contributed by atoms with Gasteiger partial charge in [0.15, 0.2) is 5.78 Å². The molecule has 2 atom stereocenters. The zero-order valence-electron chi connectivity index (χ0n) is 18.1. The number of ketones is 1. The number of carbonyl (C=O) groups excluding carboxylic acids is 1. The third-order valence-corrected chi connectivity index (χ3v) is 5.55. The van der Waals surface area contributed by atoms with Gasteiger partial charge < -0.3 is 5.11 Å². The van der Waals surface area contributed by atoms with Gasteiger partial charge in [-0.25, -0.2) is 0 Å². The molecule has 2 aromatic rings. The molecule has 0 aliphatic heterocycles. The van der Waals surface area contributed by atoms with Crippen LogP contribution in [0.25, 0.3) is 0 Å². The van der Waals surface area contributed by atoms with Gasteiger partial charge in [0.1, 0.15) is 0 Å². The van der Waals surface area contributed by atoms with Crippen molar-refractivity contribution in [2.75, 3.05) is 0 Å². The molecule has 158 valence electrons. The van der Waals surface area contributed by atoms with Crippen molar-refractivity contribution in [3.05, 3.63) is 71.8 Å². The van der Waals surface area contributed by atoms with Gasteiger partial charge in [-0.2, -0.15) is 0 Å². The first-order valence-electron chi connectivity index (χ1n) is 11.1. The summed E-state index contributed by atoms with van der Waals surface area (Å²) in [6.07, 6.45) is 6.27. The fourth-order valence-corrected chi connectivity index (χ4v) is 3.66. The zero-order chi connectivity index (χ0) is 20.9. The second-order valence-corrected chi connectivity index (χ2v) is 8.08. The topological polar surface area (TPSA) is 40.5 Å². The van der Waals surface area contributed by atoms with Gasteiger partial charge in [-0.05, 0) is 24.5 Å². The Hall–Kier alpha value is -1.97. The molecule has 0 amide bonds. The van der Waals surface area contributed by atoms with Crippen molar-refractivity contribution in [1.82, 2.24) is 4.90 Å². The Labute approximate surface area is 176 Å². The number of hydrogen-bond donors (Lipinski definition) is 1. The van der Waals surface area contributed by atoms with E-state index in [1.807, 2.05) is 43.3 Å². The molecule has 0 unspecified atom stereocenters. The van der Waals surface area contributed by atoms with Crippen molar-refractivity contribution >= 4 is 5.78 Å². The van der Waals surface area contributed by atoms with Crippen LogP contribution in [0.5, 0.6) is 0 Å². The van der Waals surface area contributed by atoms with Crippen LogP contribution in [0.3, 0.4) is 0 Å². The molecule has 0 aliphatic rings. The van der Waals surface area contributed by atoms with Gasteiger partial charge in [0.2, 0.25) is 0 Å². The van der Waals surface area contributed by atoms with Crippen LogP contribution >= 0.6 is 0 Å². The summed E-state index contributed by atoms with van der Waals surface area (Å²) >= 11 is 0. The quantitative estimate of drug-likeness (QED) is 0.414. The molecule has 3 nitrogen and oxygen atoms in total. The molecule has 0 heterocycles. The van der Waals surface area contributed by atoms with Crippen LogP contribution in [-0.2, 0) is 17.9 Å². The molecule has 3 heteroatoms. The summed E-state index contributed by atoms with van der Waals surface area (Å²) in [7, 11) is 0. The van der Waals surface area contributed by atoms with E-state index < -0.39 is 6.10 Å². The lowest BCUT2D eigenvalue weighted by Crippen LogP contribution is -2.39. The van der Waals surface area contributed by atoms with Crippen LogP contribution in [0.4, 0.5) is 0 Å². The highest BCUT2D eigenvalue weighted by Crippen LogP contribution is 2.17. The Kier molecular flexibility index (Phi) is 10.7. The lowest BCUT2D eigenvalue weighted by atomic mass is 10.0. The number of hydrogen-bond acceptors (Lipinski definition) is 3. The highest BCUT2D eigenvalue weighted by molar-refractivity contribution is 5.84. The number of aliphatic hydroxyl groups is 1. The van der Waals surface area contributed by atoms with Crippen LogP contribution in [0, 0.1) is 0 Å². The molecule has 0 saturated heterocycles. The first kappa shape index (κ1) is 23.3. The van der Waals surface area contributed by atoms with Gasteiger partial charge in [-0.1, -0.05) is 99.7 Å². The second-order valence-electron chi connectivity index (χ2n) is 8.08. The summed E-state index contributed by atoms with van der Waals surface area (Å²) in [5, 5.41) is 10.3. The average Bonchev–Trinajstić information content (AvgIpc) is 2.74. The molecule has 2 rings (SSSR count). The highest BCUT2D eigenvalue weighted by atomic mass is 16.3. The van der Waals surface area contributed by atoms with Crippen LogP contribution in [0.15, 0.2) is 60.7 Å². The van der Waals surface area contributed by atoms with E-state index in [0.29, 0.717) is 0 Å². The molecule has 0 radical (unpaired) electrons. The van der Waals surface area contributed by atoms with E-state index in [1.165, 1.54) is 30.4 Å². The van der Waals surface area contributed by atoms with Crippen molar-refractivity contribution in [2.45, 2.75) is 84.0 Å². The zero-order valence-corrected chi connectivity index (χ0v) is 18.1. The molecule has 1 N–H and O–H groups in total. The predicted octanol–water partition coefficient (Wildman–Crippen LogP) is 5.76. The summed E-state index contributed by atoms with van der Waals surface area (Å²) in [5.41, 5.74) is 2.39. The van der Waals surface area contributed by atoms with Gasteiger partial charge in [-0.15, -0.1) is 0 Å². The summed E-state index contributed by atoms with van der Waals surface area (Å²) < 4.78 is 0. The van der Waals surface area contributed by atoms with Gasteiger partial charge in [-0.3, -0.25) is 9.69 Å². The van der Waals surface area contributed by atoms with E-state index in [1.54, 1.807) is 0 Å². The van der Waals surface area contributed by atoms with Crippen LogP contribution in [0.2, 0.25) is 0 Å². The minimum atomic E-state index is -0.526. The molecule has 0 saturated carbocycles. The van der Waals surface area contributed by atoms with E-state index in [4.69, 9.17) is 0 Å². The maximum Gasteiger partial charge on any atom is 0.152 e. The minimum Gasteiger partial charge on any atom is -0.393 e. The molecule has 0 aromatic heterocycles. The molecular formula is C26H37NO2. The number of nitrogens with zero attached hydrogens (tertiary/aromatic N) is 1. The smallest absolute Gasteiger partial charge is 0.152 e. The number of rotatable bonds is 14. The number of Topliss-reactive ketones (excluding diaryl/α,β-unsaturated/α-hetero) is 1. The van der Waals surface area contributed by atoms with Gasteiger partial charge >= 0.3 is 0 Å². The summed E-state index contributed by atoms with van der Waals surface area (Å²) in [5.74, 6) is 0.123. The molecule has 2 aromatic carbocycles. The standard InChI is InChI=1S/C26H37NO2/c1-3-4-5-6-13-18-25(28)19-26(29)22(2)27(20-23-14-9-7-10-15-23)21-24-16-11-8-12-17-24/h7-12,14-17,22,25,28H,3-6,13,18-21H2,1-2H3/t22-,25+/m0/s1. The van der Waals surface area contributed by atoms with Crippen molar-refractivity contribution in [3.63, 3.8) is 0 Å². The van der Waals surface area contributed by atoms with Gasteiger partial charge in [0.25, 0.3) is 0 Å². The van der Waals surface area contributed by atoms with Crippen LogP contribution in [0.1, 0.15) is 69.9 Å². The highest BCUT2D eigenvalue weighted by Gasteiger charge is 2.23. The predicted molar refractivity (Wildman–Crippen MR) is 121 cm³/mol. The van der Waals surface area contributed by atoms with Crippen molar-refractivity contribution in [3.8, 4) is 0 Å². The lowest BCUT2D eigenvalue weighted by Gasteiger charge is -2.29. The van der Waals surface area contributed by atoms with Crippen molar-refractivity contribution in [1.29, 1.82) is 0 Å². The summed E-state index contributed by atoms with van der Waals surface area (Å²) in [4.78, 5) is 15.1. The largest absolute Gasteiger partial charge is 0.393 e. The monoisotopic (exact) mass is 395 g/mol. The van der Waals surface area contributed by atoms with Crippen molar-refractivity contribution in [2.24, 2.45) is 0 Å². The first-order valence-corrected chi connectivity index (χ1v) is 11.1. The second kappa shape index (κ2) is 13.3. The Morgan fingerprint density at radius 3 is 1.90 bits per heavy atom. The van der Waals surface area contributed by atoms with E-state index in [9.17, 15) is 9.90 Å². The Morgan fingerprint density at radius 1 is 0.862 bits per heavy atom. The normalized spacial score (nSPS) is 13.4. The van der Waals surface area contributed by atoms with Crippen LogP contribution in [-0.4, -0.2) is 27.9 Å². The third kappa shape index (κ3) is 8.93. The van der Waals surface area contributed by atoms with E-state index >= 15 is 0 Å². The Morgan fingerprint density at radius 2 is 1.38 bits per heavy atom. The van der Waals surface area contributed by atoms with E-state index in [2.05, 4.69) is 36.1 Å². The maximum atomic E-state index is 12.9. The fourth-order valence-electron chi connectivity index (χ4n) is 3.66. The SMILES string of the molecule is CCCCCCC[C@@H](O)CC(=O)[C@H](C)N(Cc1ccccc1)Cc1ccccc1. The fraction of sp³-hybridized carbons (Fsp3) is 0.500. The first-order chi connectivity index (χ1) is 14.1. The number of benzene rings is 2. The van der Waals surface area contributed by atoms with Gasteiger partial charge in [0, 0.05) is 19.5 Å². The van der Waals surface area contributed by atoms with Gasteiger partial charge in [0.05, 0.1) is 12.1 Å². The lowest BCUT2D eigenvalue weighted by molar-refractivity contribution is -0.126. The van der Waals surface area contributed by atoms with E-state index in [0.717, 1.165) is 32.4 Å². The molecule has 0 spiro atoms. The maximum absolute atomic E-state index is 12.9. The number of carbonyl (C=O) groups is 1. The molecular weight excluding hydrogens is 358 g/mol. The molecule has 0 fully saturated rings. The molecule has 0 bridgehead atoms. The minimum absolute atomic E-state index is 0.123.